The van der Waals surface area contributed by atoms with Crippen LogP contribution in [-0.2, 0) is 47.6 Å². The van der Waals surface area contributed by atoms with E-state index in [1.165, 1.54) is 32.9 Å². The van der Waals surface area contributed by atoms with Crippen molar-refractivity contribution in [1.82, 2.24) is 0 Å². The van der Waals surface area contributed by atoms with Gasteiger partial charge in [-0.3, -0.25) is 19.2 Å². The van der Waals surface area contributed by atoms with Crippen molar-refractivity contribution in [2.45, 2.75) is 116 Å². The van der Waals surface area contributed by atoms with Gasteiger partial charge in [0.05, 0.1) is 23.5 Å². The highest BCUT2D eigenvalue weighted by molar-refractivity contribution is 5.89. The molecule has 4 aliphatic rings. The molecule has 2 bridgehead atoms. The Bertz CT molecular complexity index is 1530. The van der Waals surface area contributed by atoms with Crippen LogP contribution in [0.25, 0.3) is 0 Å². The molecule has 262 valence electrons. The molecule has 5 rings (SSSR count). The first-order chi connectivity index (χ1) is 22.3. The molecule has 3 fully saturated rings. The van der Waals surface area contributed by atoms with E-state index in [2.05, 4.69) is 0 Å². The molecule has 0 spiro atoms. The first-order valence-electron chi connectivity index (χ1n) is 16.0. The normalized spacial score (nSPS) is 38.0. The zero-order chi connectivity index (χ0) is 35.6. The lowest BCUT2D eigenvalue weighted by Crippen LogP contribution is -2.82. The van der Waals surface area contributed by atoms with Crippen LogP contribution in [-0.4, -0.2) is 94.5 Å². The third-order valence-corrected chi connectivity index (χ3v) is 11.0. The van der Waals surface area contributed by atoms with E-state index in [0.717, 1.165) is 6.92 Å². The number of carbonyl (C=O) groups is 5. The van der Waals surface area contributed by atoms with Crippen molar-refractivity contribution in [3.63, 3.8) is 0 Å². The maximum absolute atomic E-state index is 14.1. The molecule has 1 aromatic rings. The maximum atomic E-state index is 14.1. The fourth-order valence-electron chi connectivity index (χ4n) is 8.90. The molecular weight excluding hydrogens is 628 g/mol. The van der Waals surface area contributed by atoms with Crippen LogP contribution < -0.4 is 0 Å². The topological polar surface area (TPSA) is 181 Å². The van der Waals surface area contributed by atoms with E-state index >= 15 is 0 Å². The van der Waals surface area contributed by atoms with Gasteiger partial charge in [-0.25, -0.2) is 4.79 Å². The van der Waals surface area contributed by atoms with E-state index in [1.807, 2.05) is 0 Å². The van der Waals surface area contributed by atoms with Crippen LogP contribution in [0.15, 0.2) is 41.5 Å². The summed E-state index contributed by atoms with van der Waals surface area (Å²) in [4.78, 5) is 64.8. The number of hydrogen-bond acceptors (Lipinski definition) is 13. The Balaban J connectivity index is 1.90. The lowest BCUT2D eigenvalue weighted by atomic mass is 9.44. The fourth-order valence-corrected chi connectivity index (χ4v) is 8.90. The first-order valence-corrected chi connectivity index (χ1v) is 16.0. The van der Waals surface area contributed by atoms with Gasteiger partial charge in [-0.2, -0.15) is 0 Å². The first kappa shape index (κ1) is 35.5. The predicted octanol–water partition coefficient (Wildman–Crippen LogP) is 2.59. The van der Waals surface area contributed by atoms with E-state index in [4.69, 9.17) is 28.4 Å². The number of hydrogen-bond donors (Lipinski definition) is 2. The van der Waals surface area contributed by atoms with Crippen LogP contribution in [0.2, 0.25) is 0 Å². The molecule has 3 aliphatic carbocycles. The number of carbonyl (C=O) groups excluding carboxylic acids is 5. The monoisotopic (exact) mass is 672 g/mol. The summed E-state index contributed by atoms with van der Waals surface area (Å²) in [6.07, 6.45) is -8.33. The molecule has 0 radical (unpaired) electrons. The second-order valence-corrected chi connectivity index (χ2v) is 14.1. The summed E-state index contributed by atoms with van der Waals surface area (Å²) in [6.45, 7) is 11.1. The average molecular weight is 673 g/mol. The average Bonchev–Trinajstić information content (AvgIpc) is 2.97. The van der Waals surface area contributed by atoms with Crippen molar-refractivity contribution in [1.29, 1.82) is 0 Å². The molecule has 1 heterocycles. The zero-order valence-corrected chi connectivity index (χ0v) is 28.4. The molecule has 10 atom stereocenters. The molecule has 1 aromatic carbocycles. The maximum Gasteiger partial charge on any atom is 0.338 e. The molecule has 13 nitrogen and oxygen atoms in total. The van der Waals surface area contributed by atoms with E-state index < -0.39 is 94.4 Å². The Kier molecular flexibility index (Phi) is 9.07. The summed E-state index contributed by atoms with van der Waals surface area (Å²) in [5, 5.41) is 25.7. The van der Waals surface area contributed by atoms with Crippen molar-refractivity contribution in [2.24, 2.45) is 16.7 Å². The number of aliphatic hydroxyl groups excluding tert-OH is 1. The van der Waals surface area contributed by atoms with Crippen molar-refractivity contribution >= 4 is 29.8 Å². The Morgan fingerprint density at radius 3 is 1.96 bits per heavy atom. The van der Waals surface area contributed by atoms with Crippen LogP contribution in [0.1, 0.15) is 78.6 Å². The molecule has 2 N–H and O–H groups in total. The van der Waals surface area contributed by atoms with Gasteiger partial charge in [-0.1, -0.05) is 39.0 Å². The minimum Gasteiger partial charge on any atom is -0.462 e. The van der Waals surface area contributed by atoms with Crippen LogP contribution in [0.3, 0.4) is 0 Å². The molecule has 1 aliphatic heterocycles. The number of rotatable bonds is 6. The van der Waals surface area contributed by atoms with Gasteiger partial charge in [0.2, 0.25) is 0 Å². The molecule has 13 heteroatoms. The lowest BCUT2D eigenvalue weighted by Gasteiger charge is -2.69. The Labute approximate surface area is 278 Å². The van der Waals surface area contributed by atoms with Gasteiger partial charge in [0.1, 0.15) is 42.2 Å². The second-order valence-electron chi connectivity index (χ2n) is 14.1. The van der Waals surface area contributed by atoms with Gasteiger partial charge >= 0.3 is 29.8 Å². The highest BCUT2D eigenvalue weighted by Gasteiger charge is 2.79. The largest absolute Gasteiger partial charge is 0.462 e. The fraction of sp³-hybridized carbons (Fsp3) is 0.629. The number of benzene rings is 1. The SMILES string of the molecule is CC(=O)O[C@H]1C[C@@]2(O)[C@@H](OC(=O)c3ccccc3)[C@@H]3[C@]4(OC(C)=O)CO[C@@H]4C[C@H](OC(C)=O)[C@@]3(C)[C@@H](OC(C)=O)[C@H](O)C(=C1C)C2(C)C. The van der Waals surface area contributed by atoms with E-state index in [0.29, 0.717) is 5.57 Å². The summed E-state index contributed by atoms with van der Waals surface area (Å²) in [5.74, 6) is -5.02. The molecule has 0 unspecified atom stereocenters. The molecule has 0 amide bonds. The smallest absolute Gasteiger partial charge is 0.338 e. The number of esters is 5. The van der Waals surface area contributed by atoms with Crippen molar-refractivity contribution < 1.29 is 62.6 Å². The van der Waals surface area contributed by atoms with Crippen molar-refractivity contribution in [3.8, 4) is 0 Å². The minimum absolute atomic E-state index is 0.0420. The highest BCUT2D eigenvalue weighted by Crippen LogP contribution is 2.66. The molecule has 1 saturated heterocycles. The van der Waals surface area contributed by atoms with E-state index in [-0.39, 0.29) is 30.6 Å². The second kappa shape index (κ2) is 12.3. The van der Waals surface area contributed by atoms with Crippen LogP contribution in [0, 0.1) is 16.7 Å². The van der Waals surface area contributed by atoms with Crippen LogP contribution in [0.4, 0.5) is 0 Å². The summed E-state index contributed by atoms with van der Waals surface area (Å²) in [7, 11) is 0. The number of aliphatic hydroxyl groups is 2. The Hall–Kier alpha value is -3.81. The standard InChI is InChI=1S/C35H44O13/c1-17-23(44-18(2)36)15-35(42)30(47-31(41)22-12-10-9-11-13-22)28-33(8,29(46-20(4)38)27(40)26(17)32(35,6)7)24(45-19(3)37)14-25-34(28,16-43-25)48-21(5)39/h9-13,23-25,27-30,40,42H,14-16H2,1-8H3/t23-,24-,25+,27+,28-,29-,30-,33+,34-,35+/m0/s1. The minimum atomic E-state index is -2.15. The third kappa shape index (κ3) is 5.39. The van der Waals surface area contributed by atoms with Gasteiger partial charge in [0.25, 0.3) is 0 Å². The molecule has 0 aromatic heterocycles. The molecule has 2 saturated carbocycles. The molecule has 48 heavy (non-hydrogen) atoms. The Morgan fingerprint density at radius 1 is 0.833 bits per heavy atom. The predicted molar refractivity (Wildman–Crippen MR) is 165 cm³/mol. The van der Waals surface area contributed by atoms with Gasteiger partial charge < -0.3 is 38.6 Å². The van der Waals surface area contributed by atoms with E-state index in [9.17, 15) is 34.2 Å². The summed E-state index contributed by atoms with van der Waals surface area (Å²) in [6, 6.07) is 8.05. The third-order valence-electron chi connectivity index (χ3n) is 11.0. The van der Waals surface area contributed by atoms with Crippen LogP contribution in [0.5, 0.6) is 0 Å². The van der Waals surface area contributed by atoms with Gasteiger partial charge in [-0.15, -0.1) is 0 Å². The van der Waals surface area contributed by atoms with Gasteiger partial charge in [-0.05, 0) is 30.2 Å². The Morgan fingerprint density at radius 2 is 1.44 bits per heavy atom. The van der Waals surface area contributed by atoms with Gasteiger partial charge in [0, 0.05) is 46.0 Å². The summed E-state index contributed by atoms with van der Waals surface area (Å²) < 4.78 is 36.0. The molecular formula is C35H44O13. The van der Waals surface area contributed by atoms with Crippen molar-refractivity contribution in [2.75, 3.05) is 6.61 Å². The van der Waals surface area contributed by atoms with Crippen LogP contribution >= 0.6 is 0 Å². The number of ether oxygens (including phenoxy) is 6. The number of fused-ring (bicyclic) bond motifs is 5. The summed E-state index contributed by atoms with van der Waals surface area (Å²) in [5.41, 5.74) is -6.18. The van der Waals surface area contributed by atoms with Crippen molar-refractivity contribution in [3.05, 3.63) is 47.0 Å². The van der Waals surface area contributed by atoms with Gasteiger partial charge in [0.15, 0.2) is 5.60 Å². The lowest BCUT2D eigenvalue weighted by molar-refractivity contribution is -0.365. The quantitative estimate of drug-likeness (QED) is 0.256. The highest BCUT2D eigenvalue weighted by atomic mass is 16.6. The van der Waals surface area contributed by atoms with E-state index in [1.54, 1.807) is 45.9 Å². The zero-order valence-electron chi connectivity index (χ0n) is 28.4. The summed E-state index contributed by atoms with van der Waals surface area (Å²) >= 11 is 0.